The van der Waals surface area contributed by atoms with Crippen LogP contribution in [-0.2, 0) is 14.6 Å². The lowest BCUT2D eigenvalue weighted by Crippen LogP contribution is -2.26. The maximum Gasteiger partial charge on any atom is 0.419 e. The predicted octanol–water partition coefficient (Wildman–Crippen LogP) is 5.46. The van der Waals surface area contributed by atoms with Crippen molar-refractivity contribution in [1.82, 2.24) is 9.99 Å². The molecule has 0 bridgehead atoms. The third kappa shape index (κ3) is 4.68. The number of aromatic nitrogens is 1. The lowest BCUT2D eigenvalue weighted by molar-refractivity contribution is 0.0544. The molecule has 0 spiro atoms. The minimum Gasteiger partial charge on any atom is -0.443 e. The van der Waals surface area contributed by atoms with Gasteiger partial charge in [-0.05, 0) is 56.7 Å². The van der Waals surface area contributed by atoms with Crippen molar-refractivity contribution in [2.75, 3.05) is 0 Å². The third-order valence-electron chi connectivity index (χ3n) is 5.23. The highest BCUT2D eigenvalue weighted by atomic mass is 32.2. The Balaban J connectivity index is 1.88. The maximum atomic E-state index is 13.8. The summed E-state index contributed by atoms with van der Waals surface area (Å²) in [6, 6.07) is 13.9. The number of para-hydroxylation sites is 1. The van der Waals surface area contributed by atoms with Crippen LogP contribution >= 0.6 is 0 Å². The smallest absolute Gasteiger partial charge is 0.419 e. The van der Waals surface area contributed by atoms with Gasteiger partial charge in [0.2, 0.25) is 0 Å². The lowest BCUT2D eigenvalue weighted by atomic mass is 10.1. The molecule has 2 heterocycles. The van der Waals surface area contributed by atoms with Gasteiger partial charge < -0.3 is 4.74 Å². The van der Waals surface area contributed by atoms with E-state index in [1.165, 1.54) is 10.8 Å². The van der Waals surface area contributed by atoms with Crippen LogP contribution in [0.1, 0.15) is 43.6 Å². The zero-order chi connectivity index (χ0) is 23.8. The minimum atomic E-state index is -3.85. The summed E-state index contributed by atoms with van der Waals surface area (Å²) in [7, 11) is -3.85. The van der Waals surface area contributed by atoms with E-state index in [1.54, 1.807) is 69.4 Å². The van der Waals surface area contributed by atoms with Crippen LogP contribution in [0.15, 0.2) is 81.9 Å². The summed E-state index contributed by atoms with van der Waals surface area (Å²) in [5.41, 5.74) is 5.71. The number of aryl methyl sites for hydroxylation is 1. The van der Waals surface area contributed by atoms with Gasteiger partial charge in [0.1, 0.15) is 5.60 Å². The van der Waals surface area contributed by atoms with Gasteiger partial charge in [0.25, 0.3) is 0 Å². The molecule has 1 aliphatic rings. The quantitative estimate of drug-likeness (QED) is 0.498. The third-order valence-corrected chi connectivity index (χ3v) is 7.33. The number of carbonyl (C=O) groups excluding carboxylic acids is 1. The normalized spacial score (nSPS) is 14.7. The van der Waals surface area contributed by atoms with Crippen molar-refractivity contribution in [3.63, 3.8) is 0 Å². The van der Waals surface area contributed by atoms with Crippen LogP contribution in [0.4, 0.5) is 4.79 Å². The Labute approximate surface area is 192 Å². The number of hydrogen-bond acceptors (Lipinski definition) is 6. The van der Waals surface area contributed by atoms with Crippen LogP contribution in [0, 0.1) is 6.92 Å². The van der Waals surface area contributed by atoms with E-state index in [4.69, 9.17) is 4.74 Å². The monoisotopic (exact) mass is 465 g/mol. The number of carbonyl (C=O) groups is 1. The number of benzene rings is 2. The Hall–Kier alpha value is -3.46. The highest BCUT2D eigenvalue weighted by Gasteiger charge is 2.34. The molecule has 0 saturated carbocycles. The van der Waals surface area contributed by atoms with E-state index >= 15 is 0 Å². The number of allylic oxidation sites excluding steroid dienone is 1. The second-order valence-corrected chi connectivity index (χ2v) is 11.1. The summed E-state index contributed by atoms with van der Waals surface area (Å²) in [6.45, 7) is 7.24. The first-order chi connectivity index (χ1) is 15.6. The molecule has 1 unspecified atom stereocenters. The van der Waals surface area contributed by atoms with Crippen molar-refractivity contribution in [2.24, 2.45) is 10.3 Å². The van der Waals surface area contributed by atoms with Gasteiger partial charge in [-0.3, -0.25) is 4.57 Å². The molecule has 1 aromatic heterocycles. The second kappa shape index (κ2) is 8.47. The summed E-state index contributed by atoms with van der Waals surface area (Å²) >= 11 is 0. The number of hydrogen-bond donors (Lipinski definition) is 0. The van der Waals surface area contributed by atoms with Gasteiger partial charge in [-0.25, -0.2) is 13.2 Å². The van der Waals surface area contributed by atoms with Crippen LogP contribution in [0.25, 0.3) is 10.9 Å². The molecule has 0 aliphatic carbocycles. The summed E-state index contributed by atoms with van der Waals surface area (Å²) < 4.78 is 34.6. The van der Waals surface area contributed by atoms with Gasteiger partial charge in [0.15, 0.2) is 9.84 Å². The first-order valence-electron chi connectivity index (χ1n) is 10.5. The second-order valence-electron chi connectivity index (χ2n) is 8.93. The van der Waals surface area contributed by atoms with E-state index in [9.17, 15) is 13.2 Å². The molecular weight excluding hydrogens is 440 g/mol. The summed E-state index contributed by atoms with van der Waals surface area (Å²) in [6.07, 6.45) is 2.49. The van der Waals surface area contributed by atoms with Crippen molar-refractivity contribution in [2.45, 2.75) is 49.9 Å². The van der Waals surface area contributed by atoms with E-state index in [-0.39, 0.29) is 11.3 Å². The fourth-order valence-corrected chi connectivity index (χ4v) is 5.45. The number of sulfone groups is 1. The summed E-state index contributed by atoms with van der Waals surface area (Å²) in [5.74, 6) is 0. The lowest BCUT2D eigenvalue weighted by Gasteiger charge is -2.20. The van der Waals surface area contributed by atoms with Crippen molar-refractivity contribution < 1.29 is 17.9 Å². The highest BCUT2D eigenvalue weighted by molar-refractivity contribution is 7.91. The molecule has 33 heavy (non-hydrogen) atoms. The van der Waals surface area contributed by atoms with Gasteiger partial charge in [-0.15, -0.1) is 10.5 Å². The molecule has 1 aliphatic heterocycles. The summed E-state index contributed by atoms with van der Waals surface area (Å²) in [4.78, 5) is 13.1. The Kier molecular flexibility index (Phi) is 5.84. The molecule has 171 valence electrons. The number of fused-ring (bicyclic) bond motifs is 1. The fraction of sp³-hybridized carbons (Fsp3) is 0.292. The SMILES string of the molecule is Cc1ccc(S(=O)(=O)C(CC2=CN=N[N]2)c2cn(C(=O)OC(C)(C)C)c3ccccc23)cc1. The largest absolute Gasteiger partial charge is 0.443 e. The highest BCUT2D eigenvalue weighted by Crippen LogP contribution is 2.39. The zero-order valence-electron chi connectivity index (χ0n) is 18.9. The molecule has 8 nitrogen and oxygen atoms in total. The molecular formula is C24H25N4O4S. The van der Waals surface area contributed by atoms with Crippen LogP contribution in [-0.4, -0.2) is 24.7 Å². The zero-order valence-corrected chi connectivity index (χ0v) is 19.7. The van der Waals surface area contributed by atoms with Gasteiger partial charge in [0.05, 0.1) is 27.6 Å². The fourth-order valence-electron chi connectivity index (χ4n) is 3.69. The molecule has 3 aromatic rings. The molecule has 0 N–H and O–H groups in total. The number of nitrogens with zero attached hydrogens (tertiary/aromatic N) is 4. The van der Waals surface area contributed by atoms with E-state index in [1.807, 2.05) is 13.0 Å². The maximum absolute atomic E-state index is 13.8. The van der Waals surface area contributed by atoms with Crippen LogP contribution < -0.4 is 5.43 Å². The van der Waals surface area contributed by atoms with E-state index < -0.39 is 26.8 Å². The Morgan fingerprint density at radius 2 is 1.79 bits per heavy atom. The van der Waals surface area contributed by atoms with Crippen LogP contribution in [0.2, 0.25) is 0 Å². The van der Waals surface area contributed by atoms with Crippen molar-refractivity contribution in [3.05, 3.63) is 77.8 Å². The molecule has 1 radical (unpaired) electrons. The van der Waals surface area contributed by atoms with Crippen LogP contribution in [0.5, 0.6) is 0 Å². The molecule has 0 amide bonds. The Morgan fingerprint density at radius 3 is 2.42 bits per heavy atom. The standard InChI is InChI=1S/C24H25N4O4S/c1-16-9-11-18(12-10-16)33(30,31)22(13-17-14-25-27-26-17)20-15-28(23(29)32-24(2,3)4)21-8-6-5-7-19(20)21/h5-12,14-15,22H,13H2,1-4H3. The van der Waals surface area contributed by atoms with E-state index in [0.29, 0.717) is 22.2 Å². The van der Waals surface area contributed by atoms with Crippen LogP contribution in [0.3, 0.4) is 0 Å². The Morgan fingerprint density at radius 1 is 1.09 bits per heavy atom. The first-order valence-corrected chi connectivity index (χ1v) is 12.0. The predicted molar refractivity (Wildman–Crippen MR) is 124 cm³/mol. The molecule has 9 heteroatoms. The van der Waals surface area contributed by atoms with Gasteiger partial charge in [-0.2, -0.15) is 0 Å². The van der Waals surface area contributed by atoms with E-state index in [0.717, 1.165) is 5.56 Å². The molecule has 1 atom stereocenters. The number of ether oxygens (including phenoxy) is 1. The number of rotatable bonds is 5. The average molecular weight is 466 g/mol. The van der Waals surface area contributed by atoms with Crippen molar-refractivity contribution in [1.29, 1.82) is 0 Å². The van der Waals surface area contributed by atoms with E-state index in [2.05, 4.69) is 15.8 Å². The molecule has 0 fully saturated rings. The molecule has 0 saturated heterocycles. The Bertz CT molecular complexity index is 1360. The van der Waals surface area contributed by atoms with Gasteiger partial charge in [-0.1, -0.05) is 35.9 Å². The molecule has 4 rings (SSSR count). The van der Waals surface area contributed by atoms with Gasteiger partial charge in [0, 0.05) is 18.0 Å². The minimum absolute atomic E-state index is 0.0610. The molecule has 2 aromatic carbocycles. The topological polar surface area (TPSA) is 104 Å². The van der Waals surface area contributed by atoms with Gasteiger partial charge >= 0.3 is 6.09 Å². The van der Waals surface area contributed by atoms with Crippen molar-refractivity contribution >= 4 is 26.8 Å². The average Bonchev–Trinajstić information content (AvgIpc) is 3.39. The van der Waals surface area contributed by atoms with Crippen molar-refractivity contribution in [3.8, 4) is 0 Å². The summed E-state index contributed by atoms with van der Waals surface area (Å²) in [5, 5.41) is 6.98. The first kappa shape index (κ1) is 22.7.